The van der Waals surface area contributed by atoms with Gasteiger partial charge in [0.25, 0.3) is 5.91 Å². The Morgan fingerprint density at radius 2 is 1.67 bits per heavy atom. The second-order valence-corrected chi connectivity index (χ2v) is 9.44. The summed E-state index contributed by atoms with van der Waals surface area (Å²) >= 11 is 3.52. The summed E-state index contributed by atoms with van der Waals surface area (Å²) in [6, 6.07) is 29.3. The zero-order chi connectivity index (χ0) is 27.2. The number of amides is 1. The first-order chi connectivity index (χ1) is 19.0. The molecular weight excluding hydrogens is 558 g/mol. The van der Waals surface area contributed by atoms with Gasteiger partial charge in [0.2, 0.25) is 0 Å². The number of carbonyl (C=O) groups excluding carboxylic acids is 2. The molecule has 1 amide bonds. The minimum Gasteiger partial charge on any atom is -0.490 e. The van der Waals surface area contributed by atoms with E-state index in [0.717, 1.165) is 26.5 Å². The van der Waals surface area contributed by atoms with Crippen molar-refractivity contribution < 1.29 is 19.1 Å². The number of H-pyrrole nitrogens is 1. The van der Waals surface area contributed by atoms with Crippen molar-refractivity contribution in [3.8, 4) is 22.6 Å². The summed E-state index contributed by atoms with van der Waals surface area (Å²) in [7, 11) is 0. The number of hydrogen-bond acceptors (Lipinski definition) is 5. The van der Waals surface area contributed by atoms with Gasteiger partial charge in [0.15, 0.2) is 11.5 Å². The fraction of sp³-hybridized carbons (Fsp3) is 0.0645. The molecule has 0 radical (unpaired) electrons. The van der Waals surface area contributed by atoms with Crippen LogP contribution in [0.2, 0.25) is 0 Å². The number of esters is 1. The molecule has 4 aromatic carbocycles. The number of halogens is 1. The van der Waals surface area contributed by atoms with E-state index in [0.29, 0.717) is 34.9 Å². The average molecular weight is 582 g/mol. The number of fused-ring (bicyclic) bond motifs is 1. The quantitative estimate of drug-likeness (QED) is 0.0894. The van der Waals surface area contributed by atoms with E-state index in [-0.39, 0.29) is 5.91 Å². The summed E-state index contributed by atoms with van der Waals surface area (Å²) < 4.78 is 12.1. The van der Waals surface area contributed by atoms with Crippen LogP contribution in [0.4, 0.5) is 0 Å². The average Bonchev–Trinajstić information content (AvgIpc) is 3.34. The molecule has 1 aromatic heterocycles. The highest BCUT2D eigenvalue weighted by atomic mass is 79.9. The normalized spacial score (nSPS) is 11.0. The van der Waals surface area contributed by atoms with Crippen LogP contribution < -0.4 is 14.9 Å². The van der Waals surface area contributed by atoms with Crippen LogP contribution in [0.1, 0.15) is 33.3 Å². The van der Waals surface area contributed by atoms with E-state index in [1.165, 1.54) is 6.21 Å². The largest absolute Gasteiger partial charge is 0.490 e. The SMILES string of the molecule is CCOc1cc(C=NNC(=O)c2[nH]c3ccc(Br)cc3c2-c2ccccc2)ccc1OC(=O)c1ccccc1. The first-order valence-corrected chi connectivity index (χ1v) is 13.1. The van der Waals surface area contributed by atoms with E-state index in [4.69, 9.17) is 9.47 Å². The Morgan fingerprint density at radius 3 is 2.41 bits per heavy atom. The van der Waals surface area contributed by atoms with Gasteiger partial charge in [-0.2, -0.15) is 5.10 Å². The number of benzene rings is 4. The predicted octanol–water partition coefficient (Wildman–Crippen LogP) is 6.98. The minimum absolute atomic E-state index is 0.295. The molecular formula is C31H24BrN3O4. The number of hydrogen-bond donors (Lipinski definition) is 2. The Bertz CT molecular complexity index is 1660. The molecule has 0 fully saturated rings. The maximum absolute atomic E-state index is 13.2. The number of hydrazone groups is 1. The van der Waals surface area contributed by atoms with Crippen molar-refractivity contribution in [2.45, 2.75) is 6.92 Å². The third-order valence-corrected chi connectivity index (χ3v) is 6.40. The van der Waals surface area contributed by atoms with Crippen LogP contribution >= 0.6 is 15.9 Å². The number of nitrogens with one attached hydrogen (secondary N) is 2. The van der Waals surface area contributed by atoms with E-state index < -0.39 is 5.97 Å². The Morgan fingerprint density at radius 1 is 0.923 bits per heavy atom. The van der Waals surface area contributed by atoms with E-state index in [9.17, 15) is 9.59 Å². The number of nitrogens with zero attached hydrogens (tertiary/aromatic N) is 1. The van der Waals surface area contributed by atoms with E-state index in [1.807, 2.05) is 61.5 Å². The molecule has 0 aliphatic rings. The monoisotopic (exact) mass is 581 g/mol. The fourth-order valence-electron chi connectivity index (χ4n) is 4.15. The van der Waals surface area contributed by atoms with Crippen molar-refractivity contribution in [2.75, 3.05) is 6.61 Å². The zero-order valence-electron chi connectivity index (χ0n) is 21.0. The van der Waals surface area contributed by atoms with Crippen LogP contribution in [0.5, 0.6) is 11.5 Å². The van der Waals surface area contributed by atoms with Crippen molar-refractivity contribution in [3.63, 3.8) is 0 Å². The molecule has 8 heteroatoms. The highest BCUT2D eigenvalue weighted by molar-refractivity contribution is 9.10. The molecule has 0 bridgehead atoms. The molecule has 0 saturated carbocycles. The third kappa shape index (κ3) is 5.91. The summed E-state index contributed by atoms with van der Waals surface area (Å²) in [5.74, 6) is -0.172. The van der Waals surface area contributed by atoms with E-state index >= 15 is 0 Å². The molecule has 0 aliphatic heterocycles. The number of ether oxygens (including phenoxy) is 2. The summed E-state index contributed by atoms with van der Waals surface area (Å²) in [6.45, 7) is 2.22. The fourth-order valence-corrected chi connectivity index (χ4v) is 4.51. The summed E-state index contributed by atoms with van der Waals surface area (Å²) in [6.07, 6.45) is 1.50. The second kappa shape index (κ2) is 11.8. The van der Waals surface area contributed by atoms with Gasteiger partial charge in [-0.1, -0.05) is 64.5 Å². The summed E-state index contributed by atoms with van der Waals surface area (Å²) in [4.78, 5) is 28.9. The van der Waals surface area contributed by atoms with Gasteiger partial charge in [-0.15, -0.1) is 0 Å². The van der Waals surface area contributed by atoms with Crippen molar-refractivity contribution in [2.24, 2.45) is 5.10 Å². The molecule has 1 heterocycles. The van der Waals surface area contributed by atoms with Gasteiger partial charge >= 0.3 is 5.97 Å². The van der Waals surface area contributed by atoms with Crippen molar-refractivity contribution in [1.82, 2.24) is 10.4 Å². The zero-order valence-corrected chi connectivity index (χ0v) is 22.6. The maximum atomic E-state index is 13.2. The Kier molecular flexibility index (Phi) is 7.84. The van der Waals surface area contributed by atoms with Crippen LogP contribution in [-0.4, -0.2) is 29.7 Å². The molecule has 5 aromatic rings. The maximum Gasteiger partial charge on any atom is 0.343 e. The van der Waals surface area contributed by atoms with Gasteiger partial charge in [-0.05, 0) is 66.6 Å². The van der Waals surface area contributed by atoms with Gasteiger partial charge < -0.3 is 14.5 Å². The first-order valence-electron chi connectivity index (χ1n) is 12.3. The molecule has 39 heavy (non-hydrogen) atoms. The van der Waals surface area contributed by atoms with Crippen LogP contribution in [0, 0.1) is 0 Å². The third-order valence-electron chi connectivity index (χ3n) is 5.91. The number of aromatic nitrogens is 1. The molecule has 0 spiro atoms. The lowest BCUT2D eigenvalue weighted by molar-refractivity contribution is 0.0728. The van der Waals surface area contributed by atoms with E-state index in [1.54, 1.807) is 42.5 Å². The van der Waals surface area contributed by atoms with Gasteiger partial charge in [0.1, 0.15) is 5.69 Å². The smallest absolute Gasteiger partial charge is 0.343 e. The van der Waals surface area contributed by atoms with Gasteiger partial charge in [0, 0.05) is 20.9 Å². The highest BCUT2D eigenvalue weighted by Crippen LogP contribution is 2.34. The molecule has 0 aliphatic carbocycles. The Labute approximate surface area is 233 Å². The second-order valence-electron chi connectivity index (χ2n) is 8.52. The van der Waals surface area contributed by atoms with Crippen molar-refractivity contribution in [3.05, 3.63) is 118 Å². The predicted molar refractivity (Wildman–Crippen MR) is 156 cm³/mol. The Hall–Kier alpha value is -4.69. The summed E-state index contributed by atoms with van der Waals surface area (Å²) in [5, 5.41) is 5.09. The standard InChI is InChI=1S/C31H24BrN3O4/c1-2-38-27-17-20(13-16-26(27)39-31(37)22-11-7-4-8-12-22)19-33-35-30(36)29-28(21-9-5-3-6-10-21)24-18-23(32)14-15-25(24)34-29/h3-19,34H,2H2,1H3,(H,35,36). The van der Waals surface area contributed by atoms with Crippen molar-refractivity contribution >= 4 is 44.9 Å². The van der Waals surface area contributed by atoms with Crippen molar-refractivity contribution in [1.29, 1.82) is 0 Å². The Balaban J connectivity index is 1.36. The summed E-state index contributed by atoms with van der Waals surface area (Å²) in [5.41, 5.74) is 6.66. The number of carbonyl (C=O) groups is 2. The highest BCUT2D eigenvalue weighted by Gasteiger charge is 2.19. The van der Waals surface area contributed by atoms with Gasteiger partial charge in [-0.25, -0.2) is 10.2 Å². The molecule has 5 rings (SSSR count). The molecule has 7 nitrogen and oxygen atoms in total. The van der Waals surface area contributed by atoms with Crippen LogP contribution in [0.25, 0.3) is 22.0 Å². The minimum atomic E-state index is -0.482. The molecule has 194 valence electrons. The molecule has 0 atom stereocenters. The molecule has 2 N–H and O–H groups in total. The number of aromatic amines is 1. The lowest BCUT2D eigenvalue weighted by Gasteiger charge is -2.11. The van der Waals surface area contributed by atoms with Gasteiger partial charge in [-0.3, -0.25) is 4.79 Å². The molecule has 0 saturated heterocycles. The first kappa shape index (κ1) is 25.9. The van der Waals surface area contributed by atoms with Gasteiger partial charge in [0.05, 0.1) is 18.4 Å². The lowest BCUT2D eigenvalue weighted by atomic mass is 10.0. The van der Waals surface area contributed by atoms with Crippen LogP contribution in [-0.2, 0) is 0 Å². The lowest BCUT2D eigenvalue weighted by Crippen LogP contribution is -2.18. The molecule has 0 unspecified atom stereocenters. The van der Waals surface area contributed by atoms with Crippen LogP contribution in [0.15, 0.2) is 107 Å². The van der Waals surface area contributed by atoms with E-state index in [2.05, 4.69) is 31.4 Å². The topological polar surface area (TPSA) is 92.8 Å². The number of rotatable bonds is 8. The van der Waals surface area contributed by atoms with Crippen LogP contribution in [0.3, 0.4) is 0 Å².